The Balaban J connectivity index is 3.03. The predicted octanol–water partition coefficient (Wildman–Crippen LogP) is 1.39. The normalized spacial score (nSPS) is 11.9. The van der Waals surface area contributed by atoms with Crippen LogP contribution in [0.15, 0.2) is 23.3 Å². The molecule has 1 unspecified atom stereocenters. The molecule has 0 saturated carbocycles. The second-order valence-corrected chi connectivity index (χ2v) is 4.65. The van der Waals surface area contributed by atoms with Gasteiger partial charge in [0.2, 0.25) is 0 Å². The van der Waals surface area contributed by atoms with Crippen molar-refractivity contribution >= 4 is 30.8 Å². The molecule has 0 heterocycles. The summed E-state index contributed by atoms with van der Waals surface area (Å²) in [5.74, 6) is 0. The molecule has 0 fully saturated rings. The fourth-order valence-electron chi connectivity index (χ4n) is 1.26. The third-order valence-electron chi connectivity index (χ3n) is 2.11. The number of hydrogen-bond donors (Lipinski definition) is 1. The summed E-state index contributed by atoms with van der Waals surface area (Å²) in [6.45, 7) is 1.43. The highest BCUT2D eigenvalue weighted by molar-refractivity contribution is 7.37. The summed E-state index contributed by atoms with van der Waals surface area (Å²) in [6.07, 6.45) is -0.289. The first-order valence-corrected chi connectivity index (χ1v) is 6.51. The number of nitrogens with zero attached hydrogens (tertiary/aromatic N) is 3. The standard InChI is InChI=1S/C9H9N4O6P/c1-6(5-20(18)19)10-11-8-3-2-7(12(14)15)4-9(8)13(16)17/h2-4,11H,5H2,1H3. The highest BCUT2D eigenvalue weighted by Crippen LogP contribution is 2.28. The van der Waals surface area contributed by atoms with E-state index in [1.807, 2.05) is 0 Å². The first-order chi connectivity index (χ1) is 9.31. The first-order valence-electron chi connectivity index (χ1n) is 5.15. The summed E-state index contributed by atoms with van der Waals surface area (Å²) in [5.41, 5.74) is 1.51. The monoisotopic (exact) mass is 300 g/mol. The highest BCUT2D eigenvalue weighted by Gasteiger charge is 2.19. The van der Waals surface area contributed by atoms with Gasteiger partial charge in [-0.25, -0.2) is 0 Å². The van der Waals surface area contributed by atoms with Crippen LogP contribution < -0.4 is 10.3 Å². The van der Waals surface area contributed by atoms with Crippen molar-refractivity contribution in [1.82, 2.24) is 0 Å². The summed E-state index contributed by atoms with van der Waals surface area (Å²) in [7, 11) is -2.65. The molecular formula is C9H9N4O6P. The van der Waals surface area contributed by atoms with Crippen molar-refractivity contribution in [2.45, 2.75) is 6.92 Å². The molecule has 0 aromatic heterocycles. The van der Waals surface area contributed by atoms with E-state index in [-0.39, 0.29) is 17.6 Å². The number of nitrogens with one attached hydrogen (secondary N) is 1. The fourth-order valence-corrected chi connectivity index (χ4v) is 1.70. The van der Waals surface area contributed by atoms with Crippen LogP contribution in [0.5, 0.6) is 0 Å². The van der Waals surface area contributed by atoms with Crippen LogP contribution in [0.4, 0.5) is 17.1 Å². The van der Waals surface area contributed by atoms with Gasteiger partial charge in [-0.15, -0.1) is 0 Å². The zero-order chi connectivity index (χ0) is 15.3. The van der Waals surface area contributed by atoms with Gasteiger partial charge in [-0.2, -0.15) is 5.10 Å². The summed E-state index contributed by atoms with van der Waals surface area (Å²) >= 11 is 0. The highest BCUT2D eigenvalue weighted by atomic mass is 31.1. The quantitative estimate of drug-likeness (QED) is 0.360. The predicted molar refractivity (Wildman–Crippen MR) is 69.0 cm³/mol. The summed E-state index contributed by atoms with van der Waals surface area (Å²) in [5, 5.41) is 25.0. The van der Waals surface area contributed by atoms with E-state index >= 15 is 0 Å². The van der Waals surface area contributed by atoms with Gasteiger partial charge in [-0.1, -0.05) is 4.57 Å². The van der Waals surface area contributed by atoms with Crippen molar-refractivity contribution < 1.29 is 19.3 Å². The Bertz CT molecular complexity index is 602. The van der Waals surface area contributed by atoms with Crippen LogP contribution in [0.2, 0.25) is 0 Å². The van der Waals surface area contributed by atoms with Gasteiger partial charge < -0.3 is 4.89 Å². The van der Waals surface area contributed by atoms with E-state index in [2.05, 4.69) is 10.5 Å². The molecule has 1 N–H and O–H groups in total. The van der Waals surface area contributed by atoms with Crippen LogP contribution in [0.25, 0.3) is 0 Å². The molecule has 1 aromatic carbocycles. The van der Waals surface area contributed by atoms with Crippen LogP contribution >= 0.6 is 8.03 Å². The zero-order valence-electron chi connectivity index (χ0n) is 10.2. The van der Waals surface area contributed by atoms with Gasteiger partial charge in [-0.3, -0.25) is 25.7 Å². The van der Waals surface area contributed by atoms with E-state index in [4.69, 9.17) is 0 Å². The Morgan fingerprint density at radius 3 is 2.50 bits per heavy atom. The number of hydrazone groups is 1. The van der Waals surface area contributed by atoms with E-state index in [9.17, 15) is 29.7 Å². The lowest BCUT2D eigenvalue weighted by Crippen LogP contribution is -2.05. The molecule has 0 spiro atoms. The third-order valence-corrected chi connectivity index (χ3v) is 2.83. The molecule has 11 heteroatoms. The van der Waals surface area contributed by atoms with Gasteiger partial charge in [-0.05, 0) is 13.0 Å². The van der Waals surface area contributed by atoms with Crippen molar-refractivity contribution in [3.05, 3.63) is 38.4 Å². The second-order valence-electron chi connectivity index (χ2n) is 3.67. The van der Waals surface area contributed by atoms with E-state index in [1.165, 1.54) is 6.92 Å². The Morgan fingerprint density at radius 1 is 1.35 bits per heavy atom. The number of non-ortho nitro benzene ring substituents is 1. The number of rotatable bonds is 6. The maximum Gasteiger partial charge on any atom is 0.314 e. The smallest absolute Gasteiger partial charge is 0.314 e. The minimum atomic E-state index is -2.65. The zero-order valence-corrected chi connectivity index (χ0v) is 11.1. The number of hydrogen-bond acceptors (Lipinski definition) is 8. The molecule has 1 rings (SSSR count). The Morgan fingerprint density at radius 2 is 2.00 bits per heavy atom. The fraction of sp³-hybridized carbons (Fsp3) is 0.222. The molecule has 0 radical (unpaired) electrons. The van der Waals surface area contributed by atoms with Gasteiger partial charge >= 0.3 is 13.7 Å². The third kappa shape index (κ3) is 4.34. The topological polar surface area (TPSA) is 151 Å². The van der Waals surface area contributed by atoms with Crippen molar-refractivity contribution in [2.24, 2.45) is 5.10 Å². The van der Waals surface area contributed by atoms with Crippen LogP contribution in [0, 0.1) is 20.2 Å². The molecule has 10 nitrogen and oxygen atoms in total. The van der Waals surface area contributed by atoms with Crippen LogP contribution in [0.3, 0.4) is 0 Å². The molecule has 0 aliphatic heterocycles. The molecular weight excluding hydrogens is 291 g/mol. The van der Waals surface area contributed by atoms with Crippen molar-refractivity contribution in [2.75, 3.05) is 11.6 Å². The molecule has 1 aromatic rings. The van der Waals surface area contributed by atoms with Crippen LogP contribution in [-0.2, 0) is 4.57 Å². The molecule has 0 aliphatic carbocycles. The molecule has 0 aliphatic rings. The maximum absolute atomic E-state index is 10.8. The van der Waals surface area contributed by atoms with E-state index in [1.54, 1.807) is 0 Å². The molecule has 106 valence electrons. The second kappa shape index (κ2) is 6.64. The SMILES string of the molecule is CC(C[P+](=O)[O-])=NNc1ccc([N+](=O)[O-])cc1[N+](=O)[O-]. The lowest BCUT2D eigenvalue weighted by Gasteiger charge is -2.02. The molecule has 20 heavy (non-hydrogen) atoms. The number of anilines is 1. The van der Waals surface area contributed by atoms with Crippen LogP contribution in [-0.4, -0.2) is 21.7 Å². The first kappa shape index (κ1) is 15.6. The Kier molecular flexibility index (Phi) is 5.18. The van der Waals surface area contributed by atoms with Gasteiger partial charge in [0.05, 0.1) is 21.6 Å². The van der Waals surface area contributed by atoms with E-state index in [0.29, 0.717) is 0 Å². The lowest BCUT2D eigenvalue weighted by molar-refractivity contribution is -0.393. The number of nitro groups is 2. The average molecular weight is 300 g/mol. The van der Waals surface area contributed by atoms with Gasteiger partial charge in [0, 0.05) is 6.07 Å². The minimum Gasteiger partial charge on any atom is -0.595 e. The largest absolute Gasteiger partial charge is 0.595 e. The average Bonchev–Trinajstić information content (AvgIpc) is 2.35. The molecule has 0 saturated heterocycles. The van der Waals surface area contributed by atoms with E-state index in [0.717, 1.165) is 18.2 Å². The minimum absolute atomic E-state index is 0.0684. The van der Waals surface area contributed by atoms with Crippen molar-refractivity contribution in [3.63, 3.8) is 0 Å². The Hall–Kier alpha value is -2.45. The number of nitro benzene ring substituents is 2. The number of benzene rings is 1. The maximum atomic E-state index is 10.8. The van der Waals surface area contributed by atoms with Crippen molar-refractivity contribution in [3.8, 4) is 0 Å². The van der Waals surface area contributed by atoms with Gasteiger partial charge in [0.1, 0.15) is 5.69 Å². The Labute approximate surface area is 113 Å². The molecule has 1 atom stereocenters. The van der Waals surface area contributed by atoms with Gasteiger partial charge in [0.15, 0.2) is 6.16 Å². The summed E-state index contributed by atoms with van der Waals surface area (Å²) < 4.78 is 10.5. The van der Waals surface area contributed by atoms with Gasteiger partial charge in [0.25, 0.3) is 5.69 Å². The van der Waals surface area contributed by atoms with Crippen LogP contribution in [0.1, 0.15) is 6.92 Å². The molecule has 0 amide bonds. The lowest BCUT2D eigenvalue weighted by atomic mass is 10.2. The van der Waals surface area contributed by atoms with Crippen molar-refractivity contribution in [1.29, 1.82) is 0 Å². The van der Waals surface area contributed by atoms with E-state index < -0.39 is 29.2 Å². The summed E-state index contributed by atoms with van der Waals surface area (Å²) in [4.78, 5) is 30.3. The summed E-state index contributed by atoms with van der Waals surface area (Å²) in [6, 6.07) is 3.00. The molecule has 0 bridgehead atoms.